The number of nitrogens with zero attached hydrogens (tertiary/aromatic N) is 1. The first-order chi connectivity index (χ1) is 21.6. The molecule has 1 aliphatic carbocycles. The molecular formula is C43H33N. The molecule has 0 heterocycles. The van der Waals surface area contributed by atoms with Gasteiger partial charge in [-0.3, -0.25) is 0 Å². The molecule has 0 unspecified atom stereocenters. The summed E-state index contributed by atoms with van der Waals surface area (Å²) in [6, 6.07) is 59.3. The van der Waals surface area contributed by atoms with Gasteiger partial charge < -0.3 is 4.90 Å². The summed E-state index contributed by atoms with van der Waals surface area (Å²) in [4.78, 5) is 2.32. The molecule has 1 nitrogen and oxygen atoms in total. The van der Waals surface area contributed by atoms with Crippen molar-refractivity contribution in [3.05, 3.63) is 175 Å². The van der Waals surface area contributed by atoms with Crippen LogP contribution in [0.4, 0.5) is 17.1 Å². The second-order valence-corrected chi connectivity index (χ2v) is 12.1. The second kappa shape index (κ2) is 10.4. The fourth-order valence-corrected chi connectivity index (χ4v) is 7.31. The van der Waals surface area contributed by atoms with Crippen molar-refractivity contribution < 1.29 is 0 Å². The number of fused-ring (bicyclic) bond motifs is 5. The molecule has 0 atom stereocenters. The number of rotatable bonds is 5. The minimum absolute atomic E-state index is 0.118. The fourth-order valence-electron chi connectivity index (χ4n) is 7.31. The highest BCUT2D eigenvalue weighted by Gasteiger charge is 2.39. The summed E-state index contributed by atoms with van der Waals surface area (Å²) >= 11 is 0. The lowest BCUT2D eigenvalue weighted by Gasteiger charge is -2.27. The van der Waals surface area contributed by atoms with Crippen LogP contribution in [-0.4, -0.2) is 0 Å². The minimum Gasteiger partial charge on any atom is -0.311 e. The largest absolute Gasteiger partial charge is 0.311 e. The van der Waals surface area contributed by atoms with E-state index < -0.39 is 0 Å². The maximum Gasteiger partial charge on any atom is 0.0462 e. The Morgan fingerprint density at radius 3 is 1.50 bits per heavy atom. The molecule has 0 aromatic heterocycles. The average Bonchev–Trinajstić information content (AvgIpc) is 3.33. The SMILES string of the molecule is CC1(C)c2ccccc2-c2c(-c3ccc(N(c4ccccc4)c4ccccc4)cc3)c(-c3ccccc3)c3ccccc3c21. The summed E-state index contributed by atoms with van der Waals surface area (Å²) in [5.74, 6) is 0. The zero-order chi connectivity index (χ0) is 29.7. The molecule has 0 fully saturated rings. The first-order valence-electron chi connectivity index (χ1n) is 15.4. The van der Waals surface area contributed by atoms with Gasteiger partial charge in [0.05, 0.1) is 0 Å². The summed E-state index contributed by atoms with van der Waals surface area (Å²) in [6.45, 7) is 4.77. The van der Waals surface area contributed by atoms with E-state index in [2.05, 4.69) is 183 Å². The third-order valence-electron chi connectivity index (χ3n) is 9.22. The highest BCUT2D eigenvalue weighted by atomic mass is 15.1. The minimum atomic E-state index is -0.118. The van der Waals surface area contributed by atoms with E-state index in [0.29, 0.717) is 0 Å². The van der Waals surface area contributed by atoms with E-state index in [4.69, 9.17) is 0 Å². The van der Waals surface area contributed by atoms with Gasteiger partial charge in [-0.25, -0.2) is 0 Å². The molecule has 7 aromatic rings. The van der Waals surface area contributed by atoms with Crippen molar-refractivity contribution in [1.29, 1.82) is 0 Å². The van der Waals surface area contributed by atoms with Crippen LogP contribution < -0.4 is 4.90 Å². The molecular weight excluding hydrogens is 530 g/mol. The van der Waals surface area contributed by atoms with Crippen LogP contribution in [0.15, 0.2) is 164 Å². The predicted octanol–water partition coefficient (Wildman–Crippen LogP) is 11.9. The van der Waals surface area contributed by atoms with E-state index in [-0.39, 0.29) is 5.41 Å². The number of hydrogen-bond donors (Lipinski definition) is 0. The molecule has 0 bridgehead atoms. The van der Waals surface area contributed by atoms with Gasteiger partial charge in [0.2, 0.25) is 0 Å². The lowest BCUT2D eigenvalue weighted by Crippen LogP contribution is -2.15. The van der Waals surface area contributed by atoms with E-state index in [1.807, 2.05) is 0 Å². The van der Waals surface area contributed by atoms with Crippen LogP contribution in [0.1, 0.15) is 25.0 Å². The molecule has 1 aliphatic rings. The zero-order valence-corrected chi connectivity index (χ0v) is 25.0. The summed E-state index contributed by atoms with van der Waals surface area (Å²) in [6.07, 6.45) is 0. The zero-order valence-electron chi connectivity index (χ0n) is 25.0. The van der Waals surface area contributed by atoms with E-state index in [1.165, 1.54) is 55.3 Å². The standard InChI is InChI=1S/C43H33N/c1-43(2)38-25-15-14-24-37(38)41-40(39(30-16-6-3-7-17-30)35-22-12-13-23-36(35)42(41)43)31-26-28-34(29-27-31)44(32-18-8-4-9-19-32)33-20-10-5-11-21-33/h3-29H,1-2H3. The molecule has 0 aliphatic heterocycles. The smallest absolute Gasteiger partial charge is 0.0462 e. The van der Waals surface area contributed by atoms with Crippen LogP contribution in [-0.2, 0) is 5.41 Å². The van der Waals surface area contributed by atoms with Crippen molar-refractivity contribution in [1.82, 2.24) is 0 Å². The van der Waals surface area contributed by atoms with Gasteiger partial charge in [-0.1, -0.05) is 141 Å². The summed E-state index contributed by atoms with van der Waals surface area (Å²) in [7, 11) is 0. The first kappa shape index (κ1) is 26.2. The van der Waals surface area contributed by atoms with Crippen LogP contribution in [0, 0.1) is 0 Å². The van der Waals surface area contributed by atoms with E-state index in [1.54, 1.807) is 0 Å². The topological polar surface area (TPSA) is 3.24 Å². The normalized spacial score (nSPS) is 13.0. The van der Waals surface area contributed by atoms with Crippen molar-refractivity contribution in [2.45, 2.75) is 19.3 Å². The Labute approximate surface area is 259 Å². The maximum atomic E-state index is 2.39. The highest BCUT2D eigenvalue weighted by molar-refractivity contribution is 6.14. The molecule has 1 heteroatoms. The number of hydrogen-bond acceptors (Lipinski definition) is 1. The Hall–Kier alpha value is -5.40. The van der Waals surface area contributed by atoms with Gasteiger partial charge in [-0.2, -0.15) is 0 Å². The number of para-hydroxylation sites is 2. The van der Waals surface area contributed by atoms with Crippen LogP contribution >= 0.6 is 0 Å². The highest BCUT2D eigenvalue weighted by Crippen LogP contribution is 2.57. The maximum absolute atomic E-state index is 2.39. The lowest BCUT2D eigenvalue weighted by molar-refractivity contribution is 0.666. The van der Waals surface area contributed by atoms with Crippen molar-refractivity contribution in [3.8, 4) is 33.4 Å². The van der Waals surface area contributed by atoms with Crippen LogP contribution in [0.25, 0.3) is 44.2 Å². The van der Waals surface area contributed by atoms with E-state index in [9.17, 15) is 0 Å². The predicted molar refractivity (Wildman–Crippen MR) is 187 cm³/mol. The molecule has 0 radical (unpaired) electrons. The molecule has 44 heavy (non-hydrogen) atoms. The van der Waals surface area contributed by atoms with Gasteiger partial charge in [-0.05, 0) is 91.7 Å². The molecule has 0 saturated heterocycles. The Balaban J connectivity index is 1.42. The van der Waals surface area contributed by atoms with Crippen molar-refractivity contribution >= 4 is 27.8 Å². The van der Waals surface area contributed by atoms with Gasteiger partial charge in [0.25, 0.3) is 0 Å². The molecule has 8 rings (SSSR count). The molecule has 0 spiro atoms. The van der Waals surface area contributed by atoms with E-state index >= 15 is 0 Å². The summed E-state index contributed by atoms with van der Waals surface area (Å²) in [5.41, 5.74) is 13.9. The van der Waals surface area contributed by atoms with E-state index in [0.717, 1.165) is 17.1 Å². The molecule has 0 amide bonds. The van der Waals surface area contributed by atoms with Gasteiger partial charge in [0.1, 0.15) is 0 Å². The molecule has 0 N–H and O–H groups in total. The van der Waals surface area contributed by atoms with Crippen LogP contribution in [0.3, 0.4) is 0 Å². The Morgan fingerprint density at radius 2 is 0.864 bits per heavy atom. The average molecular weight is 564 g/mol. The van der Waals surface area contributed by atoms with Crippen LogP contribution in [0.2, 0.25) is 0 Å². The molecule has 210 valence electrons. The van der Waals surface area contributed by atoms with Gasteiger partial charge in [0, 0.05) is 22.5 Å². The second-order valence-electron chi connectivity index (χ2n) is 12.1. The van der Waals surface area contributed by atoms with Gasteiger partial charge >= 0.3 is 0 Å². The fraction of sp³-hybridized carbons (Fsp3) is 0.0698. The van der Waals surface area contributed by atoms with Crippen molar-refractivity contribution in [3.63, 3.8) is 0 Å². The number of anilines is 3. The van der Waals surface area contributed by atoms with Crippen molar-refractivity contribution in [2.24, 2.45) is 0 Å². The quantitative estimate of drug-likeness (QED) is 0.201. The van der Waals surface area contributed by atoms with Gasteiger partial charge in [-0.15, -0.1) is 0 Å². The first-order valence-corrected chi connectivity index (χ1v) is 15.4. The van der Waals surface area contributed by atoms with Crippen LogP contribution in [0.5, 0.6) is 0 Å². The summed E-state index contributed by atoms with van der Waals surface area (Å²) in [5, 5.41) is 2.63. The van der Waals surface area contributed by atoms with Gasteiger partial charge in [0.15, 0.2) is 0 Å². The third kappa shape index (κ3) is 4.08. The summed E-state index contributed by atoms with van der Waals surface area (Å²) < 4.78 is 0. The molecule has 0 saturated carbocycles. The Kier molecular flexibility index (Phi) is 6.20. The Morgan fingerprint density at radius 1 is 0.386 bits per heavy atom. The molecule has 7 aromatic carbocycles. The third-order valence-corrected chi connectivity index (χ3v) is 9.22. The Bertz CT molecular complexity index is 2070. The van der Waals surface area contributed by atoms with Crippen molar-refractivity contribution in [2.75, 3.05) is 4.90 Å². The number of benzene rings is 7. The monoisotopic (exact) mass is 563 g/mol. The lowest BCUT2D eigenvalue weighted by atomic mass is 9.77.